The number of halogens is 1. The van der Waals surface area contributed by atoms with Crippen LogP contribution in [0, 0.1) is 29.1 Å². The van der Waals surface area contributed by atoms with Gasteiger partial charge in [0, 0.05) is 0 Å². The van der Waals surface area contributed by atoms with Crippen LogP contribution < -0.4 is 4.46 Å². The summed E-state index contributed by atoms with van der Waals surface area (Å²) in [4.78, 5) is 0.565. The molecule has 0 N–H and O–H groups in total. The van der Waals surface area contributed by atoms with Crippen molar-refractivity contribution in [1.82, 2.24) is 0 Å². The van der Waals surface area contributed by atoms with Crippen LogP contribution in [0.2, 0.25) is 4.82 Å². The van der Waals surface area contributed by atoms with Crippen LogP contribution in [-0.4, -0.2) is 20.3 Å². The third-order valence-electron chi connectivity index (χ3n) is 4.02. The fraction of sp³-hybridized carbons (Fsp3) is 0.500. The first-order valence-electron chi connectivity index (χ1n) is 6.05. The predicted molar refractivity (Wildman–Crippen MR) is 70.5 cm³/mol. The number of fused-ring (bicyclic) bond motifs is 2. The number of alkyl halides is 1. The second kappa shape index (κ2) is 4.65. The summed E-state index contributed by atoms with van der Waals surface area (Å²) in [6, 6.07) is 13.1. The van der Waals surface area contributed by atoms with Crippen molar-refractivity contribution < 1.29 is 0 Å². The van der Waals surface area contributed by atoms with Crippen molar-refractivity contribution in [2.75, 3.05) is 0 Å². The molecule has 1 aromatic rings. The van der Waals surface area contributed by atoms with Gasteiger partial charge in [-0.3, -0.25) is 0 Å². The Labute approximate surface area is 113 Å². The van der Waals surface area contributed by atoms with E-state index < -0.39 is 0 Å². The molecule has 1 nitrogen and oxygen atoms in total. The van der Waals surface area contributed by atoms with Gasteiger partial charge in [0.25, 0.3) is 0 Å². The first-order chi connectivity index (χ1) is 8.29. The van der Waals surface area contributed by atoms with Crippen LogP contribution in [0.4, 0.5) is 0 Å². The van der Waals surface area contributed by atoms with Gasteiger partial charge in [-0.25, -0.2) is 0 Å². The Balaban J connectivity index is 1.78. The molecule has 0 saturated heterocycles. The molecule has 88 valence electrons. The molecular formula is C14H14ClNSe. The first-order valence-corrected chi connectivity index (χ1v) is 8.33. The van der Waals surface area contributed by atoms with Crippen LogP contribution in [-0.2, 0) is 0 Å². The summed E-state index contributed by atoms with van der Waals surface area (Å²) < 4.78 is 1.42. The van der Waals surface area contributed by atoms with Crippen molar-refractivity contribution in [3.05, 3.63) is 30.3 Å². The van der Waals surface area contributed by atoms with Gasteiger partial charge >= 0.3 is 113 Å². The molecule has 1 aromatic carbocycles. The Bertz CT molecular complexity index is 441. The first kappa shape index (κ1) is 11.6. The second-order valence-electron chi connectivity index (χ2n) is 4.97. The molecule has 2 bridgehead atoms. The van der Waals surface area contributed by atoms with E-state index in [1.54, 1.807) is 0 Å². The van der Waals surface area contributed by atoms with E-state index in [-0.39, 0.29) is 5.92 Å². The SMILES string of the molecule is N#C[C@H]1C[C@H]2C[C@@H]1[C@H]([Se]c1ccccc1)[C@H]2Cl. The van der Waals surface area contributed by atoms with Crippen LogP contribution in [0.3, 0.4) is 0 Å². The third kappa shape index (κ3) is 2.02. The minimum absolute atomic E-state index is 0.269. The Morgan fingerprint density at radius 2 is 2.00 bits per heavy atom. The van der Waals surface area contributed by atoms with Crippen LogP contribution in [0.1, 0.15) is 12.8 Å². The Kier molecular flexibility index (Phi) is 3.17. The summed E-state index contributed by atoms with van der Waals surface area (Å²) in [7, 11) is 0. The van der Waals surface area contributed by atoms with E-state index in [4.69, 9.17) is 11.6 Å². The molecule has 2 aliphatic carbocycles. The molecule has 0 spiro atoms. The van der Waals surface area contributed by atoms with Gasteiger partial charge in [0.1, 0.15) is 0 Å². The number of benzene rings is 1. The maximum absolute atomic E-state index is 9.17. The summed E-state index contributed by atoms with van der Waals surface area (Å²) in [6.07, 6.45) is 2.22. The maximum atomic E-state index is 9.17. The average molecular weight is 311 g/mol. The normalized spacial score (nSPS) is 39.2. The molecule has 0 aliphatic heterocycles. The van der Waals surface area contributed by atoms with E-state index >= 15 is 0 Å². The van der Waals surface area contributed by atoms with Crippen molar-refractivity contribution in [2.45, 2.75) is 23.0 Å². The van der Waals surface area contributed by atoms with Gasteiger partial charge in [0.15, 0.2) is 0 Å². The van der Waals surface area contributed by atoms with Crippen molar-refractivity contribution in [1.29, 1.82) is 5.26 Å². The van der Waals surface area contributed by atoms with Crippen molar-refractivity contribution in [3.8, 4) is 6.07 Å². The molecular weight excluding hydrogens is 297 g/mol. The molecule has 0 unspecified atom stereocenters. The number of rotatable bonds is 2. The summed E-state index contributed by atoms with van der Waals surface area (Å²) in [5, 5.41) is 9.48. The van der Waals surface area contributed by atoms with Crippen molar-refractivity contribution in [2.24, 2.45) is 17.8 Å². The zero-order valence-electron chi connectivity index (χ0n) is 9.42. The van der Waals surface area contributed by atoms with Crippen LogP contribution in [0.25, 0.3) is 0 Å². The summed E-state index contributed by atoms with van der Waals surface area (Å²) in [6.45, 7) is 0. The number of nitriles is 1. The quantitative estimate of drug-likeness (QED) is 0.608. The predicted octanol–water partition coefficient (Wildman–Crippen LogP) is 2.59. The van der Waals surface area contributed by atoms with E-state index in [0.717, 1.165) is 6.42 Å². The number of nitrogens with zero attached hydrogens (tertiary/aromatic N) is 1. The van der Waals surface area contributed by atoms with E-state index in [1.807, 2.05) is 0 Å². The van der Waals surface area contributed by atoms with Gasteiger partial charge < -0.3 is 0 Å². The molecule has 0 radical (unpaired) electrons. The van der Waals surface area contributed by atoms with E-state index in [9.17, 15) is 5.26 Å². The summed E-state index contributed by atoms with van der Waals surface area (Å²) in [5.74, 6) is 1.43. The minimum atomic E-state index is 0.269. The molecule has 0 aromatic heterocycles. The van der Waals surface area contributed by atoms with Gasteiger partial charge in [-0.15, -0.1) is 0 Å². The molecule has 3 rings (SSSR count). The van der Waals surface area contributed by atoms with Gasteiger partial charge in [0.05, 0.1) is 0 Å². The zero-order chi connectivity index (χ0) is 11.8. The Morgan fingerprint density at radius 1 is 1.24 bits per heavy atom. The Hall–Kier alpha value is -0.481. The molecule has 2 saturated carbocycles. The van der Waals surface area contributed by atoms with Crippen LogP contribution in [0.15, 0.2) is 30.3 Å². The monoisotopic (exact) mass is 311 g/mol. The van der Waals surface area contributed by atoms with Crippen LogP contribution >= 0.6 is 11.6 Å². The molecule has 2 fully saturated rings. The molecule has 0 heterocycles. The molecule has 2 aliphatic rings. The van der Waals surface area contributed by atoms with Gasteiger partial charge in [-0.05, 0) is 0 Å². The topological polar surface area (TPSA) is 23.8 Å². The molecule has 3 heteroatoms. The van der Waals surface area contributed by atoms with E-state index in [2.05, 4.69) is 36.4 Å². The van der Waals surface area contributed by atoms with Gasteiger partial charge in [-0.2, -0.15) is 0 Å². The van der Waals surface area contributed by atoms with Gasteiger partial charge in [0.2, 0.25) is 0 Å². The van der Waals surface area contributed by atoms with Crippen LogP contribution in [0.5, 0.6) is 0 Å². The van der Waals surface area contributed by atoms with E-state index in [0.29, 0.717) is 37.0 Å². The number of hydrogen-bond donors (Lipinski definition) is 0. The third-order valence-corrected chi connectivity index (χ3v) is 8.04. The van der Waals surface area contributed by atoms with E-state index in [1.165, 1.54) is 10.9 Å². The standard InChI is InChI=1S/C14H14ClNSe/c15-13-9-6-10(8-16)12(7-9)14(13)17-11-4-2-1-3-5-11/h1-5,9-10,12-14H,6-7H2/t9-,10+,12-,13-,14-/m0/s1. The molecule has 0 amide bonds. The second-order valence-corrected chi connectivity index (χ2v) is 8.10. The fourth-order valence-electron chi connectivity index (χ4n) is 3.20. The van der Waals surface area contributed by atoms with Gasteiger partial charge in [-0.1, -0.05) is 0 Å². The van der Waals surface area contributed by atoms with Crippen molar-refractivity contribution in [3.63, 3.8) is 0 Å². The Morgan fingerprint density at radius 3 is 2.65 bits per heavy atom. The fourth-order valence-corrected chi connectivity index (χ4v) is 6.91. The summed E-state index contributed by atoms with van der Waals surface area (Å²) >= 11 is 6.97. The average Bonchev–Trinajstić information content (AvgIpc) is 2.91. The summed E-state index contributed by atoms with van der Waals surface area (Å²) in [5.41, 5.74) is 0. The zero-order valence-corrected chi connectivity index (χ0v) is 11.9. The molecule has 5 atom stereocenters. The van der Waals surface area contributed by atoms with Crippen molar-refractivity contribution >= 4 is 31.0 Å². The molecule has 17 heavy (non-hydrogen) atoms. The number of hydrogen-bond acceptors (Lipinski definition) is 1.